The van der Waals surface area contributed by atoms with Gasteiger partial charge in [0.15, 0.2) is 11.3 Å². The number of alkyl halides is 3. The van der Waals surface area contributed by atoms with Gasteiger partial charge in [0.2, 0.25) is 5.89 Å². The van der Waals surface area contributed by atoms with E-state index in [4.69, 9.17) is 4.42 Å². The molecular weight excluding hydrogens is 371 g/mol. The van der Waals surface area contributed by atoms with Crippen LogP contribution in [0.3, 0.4) is 0 Å². The summed E-state index contributed by atoms with van der Waals surface area (Å²) in [7, 11) is 3.87. The molecule has 0 N–H and O–H groups in total. The van der Waals surface area contributed by atoms with Crippen molar-refractivity contribution in [1.29, 1.82) is 0 Å². The van der Waals surface area contributed by atoms with Crippen molar-refractivity contribution in [2.75, 3.05) is 27.2 Å². The van der Waals surface area contributed by atoms with Gasteiger partial charge in [0.05, 0.1) is 18.8 Å². The molecule has 3 rings (SSSR count). The van der Waals surface area contributed by atoms with Crippen molar-refractivity contribution in [1.82, 2.24) is 34.3 Å². The van der Waals surface area contributed by atoms with Crippen molar-refractivity contribution in [3.05, 3.63) is 28.8 Å². The Labute approximate surface area is 150 Å². The van der Waals surface area contributed by atoms with Gasteiger partial charge in [0.1, 0.15) is 12.6 Å². The van der Waals surface area contributed by atoms with Crippen molar-refractivity contribution >= 4 is 5.65 Å². The van der Waals surface area contributed by atoms with Crippen molar-refractivity contribution in [3.8, 4) is 11.6 Å². The van der Waals surface area contributed by atoms with Crippen LogP contribution in [0, 0.1) is 0 Å². The van der Waals surface area contributed by atoms with Crippen molar-refractivity contribution in [2.24, 2.45) is 0 Å². The first-order chi connectivity index (χ1) is 12.7. The highest BCUT2D eigenvalue weighted by Gasteiger charge is 2.29. The molecule has 3 aromatic rings. The quantitative estimate of drug-likeness (QED) is 0.580. The Hall–Kier alpha value is -2.80. The summed E-state index contributed by atoms with van der Waals surface area (Å²) < 4.78 is 46.9. The van der Waals surface area contributed by atoms with Crippen LogP contribution < -0.4 is 5.69 Å². The van der Waals surface area contributed by atoms with Crippen LogP contribution in [0.5, 0.6) is 0 Å². The third kappa shape index (κ3) is 4.49. The predicted molar refractivity (Wildman–Crippen MR) is 84.8 cm³/mol. The number of halogens is 3. The topological polar surface area (TPSA) is 104 Å². The zero-order valence-electron chi connectivity index (χ0n) is 14.5. The molecule has 0 saturated heterocycles. The highest BCUT2D eigenvalue weighted by atomic mass is 19.4. The lowest BCUT2D eigenvalue weighted by atomic mass is 10.3. The second-order valence-electron chi connectivity index (χ2n) is 5.87. The fourth-order valence-electron chi connectivity index (χ4n) is 2.24. The van der Waals surface area contributed by atoms with Gasteiger partial charge in [-0.1, -0.05) is 5.21 Å². The molecule has 0 aliphatic rings. The van der Waals surface area contributed by atoms with Gasteiger partial charge in [-0.2, -0.15) is 4.68 Å². The Bertz CT molecular complexity index is 976. The van der Waals surface area contributed by atoms with Gasteiger partial charge in [-0.25, -0.2) is 19.2 Å². The molecule has 0 bridgehead atoms. The molecule has 0 aliphatic carbocycles. The van der Waals surface area contributed by atoms with E-state index in [1.54, 1.807) is 0 Å². The fourth-order valence-corrected chi connectivity index (χ4v) is 2.24. The molecule has 3 heterocycles. The molecule has 3 aromatic heterocycles. The van der Waals surface area contributed by atoms with Gasteiger partial charge in [-0.05, 0) is 14.1 Å². The van der Waals surface area contributed by atoms with Crippen LogP contribution in [0.15, 0.2) is 21.8 Å². The summed E-state index contributed by atoms with van der Waals surface area (Å²) in [5, 5.41) is 7.47. The highest BCUT2D eigenvalue weighted by molar-refractivity contribution is 5.66. The van der Waals surface area contributed by atoms with Crippen LogP contribution in [0.25, 0.3) is 17.2 Å². The van der Waals surface area contributed by atoms with Crippen LogP contribution in [0.4, 0.5) is 13.2 Å². The second-order valence-corrected chi connectivity index (χ2v) is 5.87. The molecule has 0 unspecified atom stereocenters. The lowest BCUT2D eigenvalue weighted by Gasteiger charge is -2.07. The van der Waals surface area contributed by atoms with Gasteiger partial charge in [-0.15, -0.1) is 18.3 Å². The van der Waals surface area contributed by atoms with Gasteiger partial charge in [0.25, 0.3) is 0 Å². The molecular formula is C14H16F3N7O3. The SMILES string of the molecule is CN(C)CCc1coc(-c2ncn3c(=O)n(CCOC(F)(F)F)nnc23)n1. The van der Waals surface area contributed by atoms with E-state index in [2.05, 4.69) is 25.0 Å². The number of ether oxygens (including phenoxy) is 1. The third-order valence-electron chi connectivity index (χ3n) is 3.55. The van der Waals surface area contributed by atoms with Crippen LogP contribution in [0.1, 0.15) is 5.69 Å². The Morgan fingerprint density at radius 2 is 2.11 bits per heavy atom. The summed E-state index contributed by atoms with van der Waals surface area (Å²) >= 11 is 0. The number of nitrogens with zero attached hydrogens (tertiary/aromatic N) is 7. The van der Waals surface area contributed by atoms with E-state index in [1.807, 2.05) is 19.0 Å². The number of hydrogen-bond acceptors (Lipinski definition) is 8. The number of likely N-dealkylation sites (N-methyl/N-ethyl adjacent to an activating group) is 1. The van der Waals surface area contributed by atoms with Crippen LogP contribution in [0.2, 0.25) is 0 Å². The lowest BCUT2D eigenvalue weighted by molar-refractivity contribution is -0.325. The molecule has 0 radical (unpaired) electrons. The van der Waals surface area contributed by atoms with Gasteiger partial charge in [0, 0.05) is 13.0 Å². The number of imidazole rings is 1. The van der Waals surface area contributed by atoms with E-state index in [9.17, 15) is 18.0 Å². The average molecular weight is 387 g/mol. The monoisotopic (exact) mass is 387 g/mol. The molecule has 0 fully saturated rings. The van der Waals surface area contributed by atoms with Crippen LogP contribution in [-0.2, 0) is 17.7 Å². The predicted octanol–water partition coefficient (Wildman–Crippen LogP) is 0.581. The number of oxazole rings is 1. The first-order valence-corrected chi connectivity index (χ1v) is 7.85. The van der Waals surface area contributed by atoms with Crippen LogP contribution >= 0.6 is 0 Å². The maximum atomic E-state index is 12.3. The molecule has 146 valence electrons. The van der Waals surface area contributed by atoms with E-state index in [1.165, 1.54) is 12.6 Å². The van der Waals surface area contributed by atoms with E-state index < -0.39 is 25.2 Å². The molecule has 0 aliphatic heterocycles. The Balaban J connectivity index is 1.81. The number of aromatic nitrogens is 6. The zero-order valence-corrected chi connectivity index (χ0v) is 14.5. The van der Waals surface area contributed by atoms with E-state index >= 15 is 0 Å². The molecule has 27 heavy (non-hydrogen) atoms. The summed E-state index contributed by atoms with van der Waals surface area (Å²) in [5.41, 5.74) is 0.317. The molecule has 0 aromatic carbocycles. The van der Waals surface area contributed by atoms with Crippen molar-refractivity contribution in [2.45, 2.75) is 19.3 Å². The van der Waals surface area contributed by atoms with E-state index in [-0.39, 0.29) is 17.2 Å². The smallest absolute Gasteiger partial charge is 0.443 e. The minimum absolute atomic E-state index is 0.0917. The molecule has 13 heteroatoms. The normalized spacial score (nSPS) is 12.4. The number of fused-ring (bicyclic) bond motifs is 1. The molecule has 0 saturated carbocycles. The maximum absolute atomic E-state index is 12.3. The average Bonchev–Trinajstić information content (AvgIpc) is 3.20. The van der Waals surface area contributed by atoms with E-state index in [0.29, 0.717) is 12.1 Å². The van der Waals surface area contributed by atoms with Crippen molar-refractivity contribution in [3.63, 3.8) is 0 Å². The maximum Gasteiger partial charge on any atom is 0.522 e. The van der Waals surface area contributed by atoms with Crippen LogP contribution in [-0.4, -0.2) is 67.9 Å². The zero-order chi connectivity index (χ0) is 19.6. The van der Waals surface area contributed by atoms with Gasteiger partial charge >= 0.3 is 12.1 Å². The Kier molecular flexibility index (Phi) is 5.23. The molecule has 0 spiro atoms. The number of rotatable bonds is 7. The summed E-state index contributed by atoms with van der Waals surface area (Å²) in [6, 6.07) is 0. The summed E-state index contributed by atoms with van der Waals surface area (Å²) in [5.74, 6) is 0.179. The standard InChI is InChI=1S/C14H16F3N7O3/c1-22(2)4-3-9-7-26-12(19-9)10-11-20-21-24(5-6-27-14(15,16)17)13(25)23(11)8-18-10/h7-8H,3-6H2,1-2H3. The highest BCUT2D eigenvalue weighted by Crippen LogP contribution is 2.20. The summed E-state index contributed by atoms with van der Waals surface area (Å²) in [6.45, 7) is -0.400. The second kappa shape index (κ2) is 7.44. The van der Waals surface area contributed by atoms with Gasteiger partial charge in [-0.3, -0.25) is 4.74 Å². The van der Waals surface area contributed by atoms with Crippen molar-refractivity contribution < 1.29 is 22.3 Å². The fraction of sp³-hybridized carbons (Fsp3) is 0.500. The Morgan fingerprint density at radius 1 is 1.33 bits per heavy atom. The minimum Gasteiger partial charge on any atom is -0.443 e. The first kappa shape index (κ1) is 19.0. The third-order valence-corrected chi connectivity index (χ3v) is 3.55. The number of hydrogen-bond donors (Lipinski definition) is 0. The van der Waals surface area contributed by atoms with Gasteiger partial charge < -0.3 is 9.32 Å². The Morgan fingerprint density at radius 3 is 2.81 bits per heavy atom. The first-order valence-electron chi connectivity index (χ1n) is 7.85. The molecule has 0 atom stereocenters. The largest absolute Gasteiger partial charge is 0.522 e. The molecule has 10 nitrogen and oxygen atoms in total. The minimum atomic E-state index is -4.78. The molecule has 0 amide bonds. The lowest BCUT2D eigenvalue weighted by Crippen LogP contribution is -2.32. The van der Waals surface area contributed by atoms with E-state index in [0.717, 1.165) is 15.6 Å². The summed E-state index contributed by atoms with van der Waals surface area (Å²) in [6.07, 6.45) is -1.43. The summed E-state index contributed by atoms with van der Waals surface area (Å²) in [4.78, 5) is 22.7.